The van der Waals surface area contributed by atoms with Crippen molar-refractivity contribution in [2.24, 2.45) is 5.92 Å². The Morgan fingerprint density at radius 1 is 1.25 bits per heavy atom. The van der Waals surface area contributed by atoms with Gasteiger partial charge in [-0.1, -0.05) is 6.07 Å². The fraction of sp³-hybridized carbons (Fsp3) is 0.562. The van der Waals surface area contributed by atoms with Gasteiger partial charge in [-0.2, -0.15) is 0 Å². The molecule has 1 amide bonds. The van der Waals surface area contributed by atoms with Crippen LogP contribution in [0.2, 0.25) is 0 Å². The Hall–Kier alpha value is -1.54. The fourth-order valence-electron chi connectivity index (χ4n) is 2.91. The summed E-state index contributed by atoms with van der Waals surface area (Å²) in [7, 11) is -1.61. The Morgan fingerprint density at radius 2 is 1.83 bits per heavy atom. The van der Waals surface area contributed by atoms with Crippen LogP contribution in [-0.2, 0) is 14.8 Å². The van der Waals surface area contributed by atoms with E-state index in [1.165, 1.54) is 15.3 Å². The SMILES string of the molecule is CC(c1ccc(F)c(F)c1)N(C)C(=O)C1CCN(S(C)(=O)=O)CC1. The molecule has 5 nitrogen and oxygen atoms in total. The zero-order chi connectivity index (χ0) is 18.1. The lowest BCUT2D eigenvalue weighted by molar-refractivity contribution is -0.137. The van der Waals surface area contributed by atoms with Crippen LogP contribution < -0.4 is 0 Å². The lowest BCUT2D eigenvalue weighted by Crippen LogP contribution is -2.43. The summed E-state index contributed by atoms with van der Waals surface area (Å²) < 4.78 is 50.8. The summed E-state index contributed by atoms with van der Waals surface area (Å²) >= 11 is 0. The third kappa shape index (κ3) is 4.10. The normalized spacial score (nSPS) is 18.4. The predicted octanol–water partition coefficient (Wildman–Crippen LogP) is 2.16. The van der Waals surface area contributed by atoms with Crippen molar-refractivity contribution in [1.29, 1.82) is 0 Å². The topological polar surface area (TPSA) is 57.7 Å². The van der Waals surface area contributed by atoms with Gasteiger partial charge < -0.3 is 4.90 Å². The Labute approximate surface area is 141 Å². The van der Waals surface area contributed by atoms with E-state index in [2.05, 4.69) is 0 Å². The largest absolute Gasteiger partial charge is 0.339 e. The standard InChI is InChI=1S/C16H22F2N2O3S/c1-11(13-4-5-14(17)15(18)10-13)19(2)16(21)12-6-8-20(9-7-12)24(3,22)23/h4-5,10-12H,6-9H2,1-3H3. The minimum atomic E-state index is -3.23. The van der Waals surface area contributed by atoms with Crippen LogP contribution in [0.15, 0.2) is 18.2 Å². The van der Waals surface area contributed by atoms with E-state index in [1.54, 1.807) is 14.0 Å². The summed E-state index contributed by atoms with van der Waals surface area (Å²) in [5.74, 6) is -2.24. The van der Waals surface area contributed by atoms with E-state index in [9.17, 15) is 22.0 Å². The van der Waals surface area contributed by atoms with Crippen LogP contribution in [0.1, 0.15) is 31.4 Å². The molecular formula is C16H22F2N2O3S. The van der Waals surface area contributed by atoms with E-state index in [0.717, 1.165) is 18.4 Å². The smallest absolute Gasteiger partial charge is 0.226 e. The molecule has 1 fully saturated rings. The van der Waals surface area contributed by atoms with Crippen molar-refractivity contribution in [2.75, 3.05) is 26.4 Å². The number of nitrogens with zero attached hydrogens (tertiary/aromatic N) is 2. The van der Waals surface area contributed by atoms with Gasteiger partial charge in [-0.25, -0.2) is 21.5 Å². The summed E-state index contributed by atoms with van der Waals surface area (Å²) in [5.41, 5.74) is 0.512. The summed E-state index contributed by atoms with van der Waals surface area (Å²) in [6.07, 6.45) is 2.08. The molecular weight excluding hydrogens is 338 g/mol. The van der Waals surface area contributed by atoms with Crippen LogP contribution in [-0.4, -0.2) is 49.9 Å². The molecule has 0 bridgehead atoms. The van der Waals surface area contributed by atoms with Crippen molar-refractivity contribution >= 4 is 15.9 Å². The number of piperidine rings is 1. The van der Waals surface area contributed by atoms with Crippen molar-refractivity contribution in [1.82, 2.24) is 9.21 Å². The van der Waals surface area contributed by atoms with Gasteiger partial charge in [0.2, 0.25) is 15.9 Å². The lowest BCUT2D eigenvalue weighted by Gasteiger charge is -2.34. The molecule has 1 aromatic carbocycles. The Kier molecular flexibility index (Phi) is 5.59. The van der Waals surface area contributed by atoms with Crippen LogP contribution >= 0.6 is 0 Å². The number of hydrogen-bond acceptors (Lipinski definition) is 3. The minimum Gasteiger partial charge on any atom is -0.339 e. The second-order valence-corrected chi connectivity index (χ2v) is 8.22. The second-order valence-electron chi connectivity index (χ2n) is 6.23. The van der Waals surface area contributed by atoms with E-state index in [0.29, 0.717) is 31.5 Å². The number of carbonyl (C=O) groups excluding carboxylic acids is 1. The predicted molar refractivity (Wildman–Crippen MR) is 86.7 cm³/mol. The van der Waals surface area contributed by atoms with Gasteiger partial charge in [-0.05, 0) is 37.5 Å². The van der Waals surface area contributed by atoms with Crippen molar-refractivity contribution in [3.05, 3.63) is 35.4 Å². The van der Waals surface area contributed by atoms with Gasteiger partial charge in [0.15, 0.2) is 11.6 Å². The molecule has 1 saturated heterocycles. The number of carbonyl (C=O) groups is 1. The maximum absolute atomic E-state index is 13.4. The molecule has 0 aliphatic carbocycles. The maximum Gasteiger partial charge on any atom is 0.226 e. The Balaban J connectivity index is 2.03. The van der Waals surface area contributed by atoms with Gasteiger partial charge in [-0.3, -0.25) is 4.79 Å². The molecule has 24 heavy (non-hydrogen) atoms. The zero-order valence-electron chi connectivity index (χ0n) is 14.0. The van der Waals surface area contributed by atoms with E-state index in [1.807, 2.05) is 0 Å². The van der Waals surface area contributed by atoms with Crippen molar-refractivity contribution in [2.45, 2.75) is 25.8 Å². The molecule has 1 unspecified atom stereocenters. The van der Waals surface area contributed by atoms with Crippen molar-refractivity contribution in [3.8, 4) is 0 Å². The van der Waals surface area contributed by atoms with Crippen molar-refractivity contribution < 1.29 is 22.0 Å². The van der Waals surface area contributed by atoms with E-state index in [-0.39, 0.29) is 11.8 Å². The third-order valence-corrected chi connectivity index (χ3v) is 5.93. The van der Waals surface area contributed by atoms with Crippen LogP contribution in [0.3, 0.4) is 0 Å². The Bertz CT molecular complexity index is 716. The van der Waals surface area contributed by atoms with Crippen LogP contribution in [0.25, 0.3) is 0 Å². The molecule has 0 spiro atoms. The van der Waals surface area contributed by atoms with Gasteiger partial charge >= 0.3 is 0 Å². The minimum absolute atomic E-state index is 0.111. The molecule has 2 rings (SSSR count). The number of amides is 1. The number of sulfonamides is 1. The highest BCUT2D eigenvalue weighted by atomic mass is 32.2. The zero-order valence-corrected chi connectivity index (χ0v) is 14.8. The average Bonchev–Trinajstić information content (AvgIpc) is 2.54. The number of benzene rings is 1. The number of halogens is 2. The number of hydrogen-bond donors (Lipinski definition) is 0. The maximum atomic E-state index is 13.4. The van der Waals surface area contributed by atoms with Gasteiger partial charge in [0, 0.05) is 26.1 Å². The summed E-state index contributed by atoms with van der Waals surface area (Å²) in [4.78, 5) is 14.1. The molecule has 1 heterocycles. The summed E-state index contributed by atoms with van der Waals surface area (Å²) in [5, 5.41) is 0. The number of rotatable bonds is 4. The molecule has 134 valence electrons. The molecule has 0 saturated carbocycles. The Morgan fingerprint density at radius 3 is 2.33 bits per heavy atom. The first-order valence-electron chi connectivity index (χ1n) is 7.78. The molecule has 1 aliphatic heterocycles. The van der Waals surface area contributed by atoms with Crippen molar-refractivity contribution in [3.63, 3.8) is 0 Å². The molecule has 0 aromatic heterocycles. The molecule has 0 radical (unpaired) electrons. The van der Waals surface area contributed by atoms with Gasteiger partial charge in [0.1, 0.15) is 0 Å². The first kappa shape index (κ1) is 18.8. The van der Waals surface area contributed by atoms with Crippen LogP contribution in [0, 0.1) is 17.6 Å². The molecule has 1 aromatic rings. The van der Waals surface area contributed by atoms with Crippen LogP contribution in [0.5, 0.6) is 0 Å². The lowest BCUT2D eigenvalue weighted by atomic mass is 9.95. The first-order valence-corrected chi connectivity index (χ1v) is 9.63. The quantitative estimate of drug-likeness (QED) is 0.827. The molecule has 0 N–H and O–H groups in total. The highest BCUT2D eigenvalue weighted by Gasteiger charge is 2.32. The third-order valence-electron chi connectivity index (χ3n) is 4.63. The van der Waals surface area contributed by atoms with Gasteiger partial charge in [0.05, 0.1) is 12.3 Å². The highest BCUT2D eigenvalue weighted by molar-refractivity contribution is 7.88. The molecule has 1 atom stereocenters. The second kappa shape index (κ2) is 7.14. The first-order chi connectivity index (χ1) is 11.1. The molecule has 8 heteroatoms. The summed E-state index contributed by atoms with van der Waals surface area (Å²) in [6.45, 7) is 2.39. The monoisotopic (exact) mass is 360 g/mol. The van der Waals surface area contributed by atoms with Gasteiger partial charge in [0.25, 0.3) is 0 Å². The fourth-order valence-corrected chi connectivity index (χ4v) is 3.78. The highest BCUT2D eigenvalue weighted by Crippen LogP contribution is 2.26. The van der Waals surface area contributed by atoms with Gasteiger partial charge in [-0.15, -0.1) is 0 Å². The van der Waals surface area contributed by atoms with E-state index in [4.69, 9.17) is 0 Å². The summed E-state index contributed by atoms with van der Waals surface area (Å²) in [6, 6.07) is 3.19. The van der Waals surface area contributed by atoms with E-state index >= 15 is 0 Å². The molecule has 1 aliphatic rings. The van der Waals surface area contributed by atoms with E-state index < -0.39 is 27.7 Å². The average molecular weight is 360 g/mol. The van der Waals surface area contributed by atoms with Crippen LogP contribution in [0.4, 0.5) is 8.78 Å².